The van der Waals surface area contributed by atoms with Crippen LogP contribution >= 0.6 is 11.6 Å². The van der Waals surface area contributed by atoms with Crippen LogP contribution in [0.3, 0.4) is 0 Å². The molecule has 0 aliphatic heterocycles. The van der Waals surface area contributed by atoms with Crippen molar-refractivity contribution in [1.29, 1.82) is 0 Å². The smallest absolute Gasteiger partial charge is 0.226 e. The maximum Gasteiger partial charge on any atom is 0.226 e. The molecule has 0 amide bonds. The van der Waals surface area contributed by atoms with Gasteiger partial charge in [0.25, 0.3) is 0 Å². The van der Waals surface area contributed by atoms with Gasteiger partial charge in [0, 0.05) is 17.0 Å². The van der Waals surface area contributed by atoms with Gasteiger partial charge in [0.15, 0.2) is 9.84 Å². The second-order valence-electron chi connectivity index (χ2n) is 7.30. The zero-order valence-electron chi connectivity index (χ0n) is 17.4. The van der Waals surface area contributed by atoms with Gasteiger partial charge in [0.1, 0.15) is 23.0 Å². The van der Waals surface area contributed by atoms with Crippen molar-refractivity contribution in [3.05, 3.63) is 70.6 Å². The van der Waals surface area contributed by atoms with Gasteiger partial charge in [-0.2, -0.15) is 0 Å². The van der Waals surface area contributed by atoms with E-state index in [4.69, 9.17) is 20.8 Å². The Morgan fingerprint density at radius 1 is 1.16 bits per heavy atom. The largest absolute Gasteiger partial charge is 0.497 e. The normalized spacial score (nSPS) is 11.5. The summed E-state index contributed by atoms with van der Waals surface area (Å²) in [6.45, 7) is 1.66. The minimum atomic E-state index is -3.65. The fourth-order valence-electron chi connectivity index (χ4n) is 3.16. The average Bonchev–Trinajstić information content (AvgIpc) is 3.08. The number of oxazole rings is 1. The lowest BCUT2D eigenvalue weighted by Crippen LogP contribution is -2.18. The Kier molecular flexibility index (Phi) is 7.51. The molecule has 2 aromatic carbocycles. The Hall–Kier alpha value is -2.64. The van der Waals surface area contributed by atoms with Crippen molar-refractivity contribution in [1.82, 2.24) is 4.98 Å². The van der Waals surface area contributed by atoms with Crippen LogP contribution in [0.1, 0.15) is 29.9 Å². The molecule has 1 aromatic heterocycles. The first kappa shape index (κ1) is 23.0. The molecule has 0 N–H and O–H groups in total. The minimum absolute atomic E-state index is 0.203. The first-order valence-corrected chi connectivity index (χ1v) is 12.0. The Balaban J connectivity index is 1.58. The van der Waals surface area contributed by atoms with E-state index in [-0.39, 0.29) is 18.0 Å². The fraction of sp³-hybridized carbons (Fsp3) is 0.304. The molecule has 0 bridgehead atoms. The third kappa shape index (κ3) is 6.67. The van der Waals surface area contributed by atoms with Crippen molar-refractivity contribution in [3.63, 3.8) is 0 Å². The molecule has 3 rings (SSSR count). The molecule has 31 heavy (non-hydrogen) atoms. The molecule has 6 nitrogen and oxygen atoms in total. The van der Waals surface area contributed by atoms with Crippen molar-refractivity contribution in [2.24, 2.45) is 0 Å². The Morgan fingerprint density at radius 2 is 1.90 bits per heavy atom. The molecular weight excluding hydrogens is 438 g/mol. The summed E-state index contributed by atoms with van der Waals surface area (Å²) in [6.07, 6.45) is 1.48. The van der Waals surface area contributed by atoms with Crippen LogP contribution in [0.5, 0.6) is 5.75 Å². The summed E-state index contributed by atoms with van der Waals surface area (Å²) < 4.78 is 35.9. The van der Waals surface area contributed by atoms with Crippen LogP contribution in [0.25, 0.3) is 11.5 Å². The lowest BCUT2D eigenvalue weighted by Gasteiger charge is -2.04. The molecule has 1 heterocycles. The number of aryl methyl sites for hydroxylation is 2. The number of hydrogen-bond donors (Lipinski definition) is 0. The lowest BCUT2D eigenvalue weighted by molar-refractivity contribution is -0.116. The van der Waals surface area contributed by atoms with E-state index in [0.717, 1.165) is 5.56 Å². The van der Waals surface area contributed by atoms with E-state index >= 15 is 0 Å². The third-order valence-corrected chi connectivity index (χ3v) is 6.51. The van der Waals surface area contributed by atoms with E-state index in [0.29, 0.717) is 46.5 Å². The summed E-state index contributed by atoms with van der Waals surface area (Å²) in [5.41, 5.74) is 2.06. The molecule has 0 aliphatic carbocycles. The SMILES string of the molecule is COc1cccc(-c2nc(CS(=O)(=O)CC(=O)CCCc3ccc(Cl)cc3)c(C)o2)c1. The van der Waals surface area contributed by atoms with Crippen molar-refractivity contribution < 1.29 is 22.4 Å². The quantitative estimate of drug-likeness (QED) is 0.430. The number of sulfone groups is 1. The van der Waals surface area contributed by atoms with Crippen molar-refractivity contribution >= 4 is 27.2 Å². The second kappa shape index (κ2) is 10.1. The number of hydrogen-bond acceptors (Lipinski definition) is 6. The molecule has 0 fully saturated rings. The van der Waals surface area contributed by atoms with Crippen LogP contribution in [-0.4, -0.2) is 32.0 Å². The summed E-state index contributed by atoms with van der Waals surface area (Å²) in [6, 6.07) is 14.5. The predicted octanol–water partition coefficient (Wildman–Crippen LogP) is 4.82. The number of ether oxygens (including phenoxy) is 1. The van der Waals surface area contributed by atoms with Crippen molar-refractivity contribution in [2.75, 3.05) is 12.9 Å². The summed E-state index contributed by atoms with van der Waals surface area (Å²) in [5.74, 6) is 0.228. The second-order valence-corrected chi connectivity index (χ2v) is 9.81. The number of rotatable bonds is 10. The van der Waals surface area contributed by atoms with Gasteiger partial charge in [-0.15, -0.1) is 0 Å². The van der Waals surface area contributed by atoms with Gasteiger partial charge in [-0.05, 0) is 55.7 Å². The van der Waals surface area contributed by atoms with Crippen LogP contribution < -0.4 is 4.74 Å². The van der Waals surface area contributed by atoms with Gasteiger partial charge in [-0.25, -0.2) is 13.4 Å². The average molecular weight is 462 g/mol. The van der Waals surface area contributed by atoms with Crippen molar-refractivity contribution in [2.45, 2.75) is 31.9 Å². The number of carbonyl (C=O) groups is 1. The molecule has 0 aliphatic rings. The monoisotopic (exact) mass is 461 g/mol. The highest BCUT2D eigenvalue weighted by molar-refractivity contribution is 7.91. The number of ketones is 1. The first-order chi connectivity index (χ1) is 14.8. The van der Waals surface area contributed by atoms with Crippen LogP contribution in [0.2, 0.25) is 5.02 Å². The molecule has 164 valence electrons. The molecular formula is C23H24ClNO5S. The van der Waals surface area contributed by atoms with E-state index in [1.165, 1.54) is 0 Å². The Labute approximate surface area is 187 Å². The van der Waals surface area contributed by atoms with Crippen LogP contribution in [-0.2, 0) is 26.8 Å². The summed E-state index contributed by atoms with van der Waals surface area (Å²) in [5, 5.41) is 0.656. The molecule has 0 spiro atoms. The number of carbonyl (C=O) groups excluding carboxylic acids is 1. The highest BCUT2D eigenvalue weighted by Crippen LogP contribution is 2.26. The molecule has 0 unspecified atom stereocenters. The summed E-state index contributed by atoms with van der Waals surface area (Å²) in [4.78, 5) is 16.6. The van der Waals surface area contributed by atoms with Crippen LogP contribution in [0, 0.1) is 6.92 Å². The Bertz CT molecular complexity index is 1150. The van der Waals surface area contributed by atoms with E-state index in [2.05, 4.69) is 4.98 Å². The van der Waals surface area contributed by atoms with Gasteiger partial charge in [0.2, 0.25) is 5.89 Å². The standard InChI is InChI=1S/C23H24ClNO5S/c1-16-22(25-23(30-16)18-6-4-8-21(13-18)29-2)15-31(27,28)14-20(26)7-3-5-17-9-11-19(24)12-10-17/h4,6,8-13H,3,5,7,14-15H2,1-2H3. The zero-order chi connectivity index (χ0) is 22.4. The number of nitrogens with zero attached hydrogens (tertiary/aromatic N) is 1. The Morgan fingerprint density at radius 3 is 2.61 bits per heavy atom. The molecule has 0 radical (unpaired) electrons. The molecule has 8 heteroatoms. The van der Waals surface area contributed by atoms with Crippen LogP contribution in [0.4, 0.5) is 0 Å². The molecule has 0 saturated carbocycles. The third-order valence-electron chi connectivity index (χ3n) is 4.78. The summed E-state index contributed by atoms with van der Waals surface area (Å²) >= 11 is 5.86. The number of halogens is 1. The van der Waals surface area contributed by atoms with E-state index in [1.807, 2.05) is 12.1 Å². The number of benzene rings is 2. The first-order valence-electron chi connectivity index (χ1n) is 9.83. The van der Waals surface area contributed by atoms with Gasteiger partial charge < -0.3 is 9.15 Å². The molecule has 3 aromatic rings. The number of aromatic nitrogens is 1. The zero-order valence-corrected chi connectivity index (χ0v) is 19.0. The van der Waals surface area contributed by atoms with Gasteiger partial charge in [-0.1, -0.05) is 29.8 Å². The van der Waals surface area contributed by atoms with Gasteiger partial charge >= 0.3 is 0 Å². The maximum atomic E-state index is 12.5. The van der Waals surface area contributed by atoms with E-state index in [1.54, 1.807) is 50.4 Å². The van der Waals surface area contributed by atoms with Crippen molar-refractivity contribution in [3.8, 4) is 17.2 Å². The molecule has 0 saturated heterocycles. The van der Waals surface area contributed by atoms with E-state index in [9.17, 15) is 13.2 Å². The maximum absolute atomic E-state index is 12.5. The predicted molar refractivity (Wildman–Crippen MR) is 120 cm³/mol. The van der Waals surface area contributed by atoms with Gasteiger partial charge in [0.05, 0.1) is 18.6 Å². The van der Waals surface area contributed by atoms with Crippen LogP contribution in [0.15, 0.2) is 52.9 Å². The van der Waals surface area contributed by atoms with Gasteiger partial charge in [-0.3, -0.25) is 4.79 Å². The number of Topliss-reactive ketones (excluding diaryl/α,β-unsaturated/α-hetero) is 1. The molecule has 0 atom stereocenters. The van der Waals surface area contributed by atoms with E-state index < -0.39 is 15.6 Å². The lowest BCUT2D eigenvalue weighted by atomic mass is 10.1. The highest BCUT2D eigenvalue weighted by Gasteiger charge is 2.22. The highest BCUT2D eigenvalue weighted by atomic mass is 35.5. The topological polar surface area (TPSA) is 86.5 Å². The minimum Gasteiger partial charge on any atom is -0.497 e. The fourth-order valence-corrected chi connectivity index (χ4v) is 4.71. The number of methoxy groups -OCH3 is 1. The summed E-state index contributed by atoms with van der Waals surface area (Å²) in [7, 11) is -2.09.